The van der Waals surface area contributed by atoms with Gasteiger partial charge < -0.3 is 4.90 Å². The fraction of sp³-hybridized carbons (Fsp3) is 0.233. The first-order valence-corrected chi connectivity index (χ1v) is 13.0. The lowest BCUT2D eigenvalue weighted by Gasteiger charge is -2.53. The van der Waals surface area contributed by atoms with E-state index in [0.717, 1.165) is 27.2 Å². The van der Waals surface area contributed by atoms with E-state index in [1.165, 1.54) is 4.40 Å². The van der Waals surface area contributed by atoms with E-state index in [-0.39, 0.29) is 18.5 Å². The summed E-state index contributed by atoms with van der Waals surface area (Å²) >= 11 is 0. The highest BCUT2D eigenvalue weighted by Gasteiger charge is 2.64. The topological polar surface area (TPSA) is 104 Å². The number of benzene rings is 2. The predicted octanol–water partition coefficient (Wildman–Crippen LogP) is 2.93. The van der Waals surface area contributed by atoms with Crippen molar-refractivity contribution in [1.82, 2.24) is 19.6 Å². The lowest BCUT2D eigenvalue weighted by molar-refractivity contribution is -0.154. The summed E-state index contributed by atoms with van der Waals surface area (Å²) < 4.78 is 1.47. The molecule has 4 aromatic rings. The molecule has 39 heavy (non-hydrogen) atoms. The van der Waals surface area contributed by atoms with Gasteiger partial charge in [-0.05, 0) is 41.7 Å². The van der Waals surface area contributed by atoms with Crippen LogP contribution in [0.5, 0.6) is 0 Å². The number of pyridine rings is 1. The zero-order valence-corrected chi connectivity index (χ0v) is 21.3. The molecule has 9 heteroatoms. The largest absolute Gasteiger partial charge is 0.347 e. The van der Waals surface area contributed by atoms with Gasteiger partial charge in [-0.25, -0.2) is 9.78 Å². The van der Waals surface area contributed by atoms with Crippen molar-refractivity contribution in [2.24, 2.45) is 5.41 Å². The number of carbonyl (C=O) groups is 3. The monoisotopic (exact) mass is 519 g/mol. The summed E-state index contributed by atoms with van der Waals surface area (Å²) in [5, 5.41) is 2.47. The molecule has 0 saturated carbocycles. The third kappa shape index (κ3) is 3.22. The number of nitrogens with one attached hydrogen (secondary N) is 1. The van der Waals surface area contributed by atoms with Crippen molar-refractivity contribution in [1.29, 1.82) is 0 Å². The van der Waals surface area contributed by atoms with E-state index in [9.17, 15) is 19.2 Å². The molecule has 1 fully saturated rings. The molecule has 1 saturated heterocycles. The number of rotatable bonds is 2. The van der Waals surface area contributed by atoms with E-state index in [0.29, 0.717) is 30.0 Å². The van der Waals surface area contributed by atoms with Crippen molar-refractivity contribution in [2.75, 3.05) is 11.4 Å². The Morgan fingerprint density at radius 1 is 0.974 bits per heavy atom. The molecule has 5 heterocycles. The van der Waals surface area contributed by atoms with Gasteiger partial charge in [0.15, 0.2) is 5.41 Å². The van der Waals surface area contributed by atoms with E-state index >= 15 is 0 Å². The average molecular weight is 520 g/mol. The first kappa shape index (κ1) is 23.3. The zero-order chi connectivity index (χ0) is 26.9. The highest BCUT2D eigenvalue weighted by molar-refractivity contribution is 6.20. The van der Waals surface area contributed by atoms with Crippen LogP contribution in [0.15, 0.2) is 77.7 Å². The summed E-state index contributed by atoms with van der Waals surface area (Å²) in [7, 11) is 0. The molecule has 194 valence electrons. The van der Waals surface area contributed by atoms with Crippen molar-refractivity contribution in [2.45, 2.75) is 32.4 Å². The fourth-order valence-electron chi connectivity index (χ4n) is 6.43. The molecule has 0 aliphatic carbocycles. The van der Waals surface area contributed by atoms with Crippen LogP contribution in [0.4, 0.5) is 10.6 Å². The highest BCUT2D eigenvalue weighted by Crippen LogP contribution is 2.52. The number of hydrogen-bond acceptors (Lipinski definition) is 6. The van der Waals surface area contributed by atoms with Crippen molar-refractivity contribution in [3.05, 3.63) is 111 Å². The summed E-state index contributed by atoms with van der Waals surface area (Å²) in [6.07, 6.45) is 2.15. The number of aryl methyl sites for hydroxylation is 1. The van der Waals surface area contributed by atoms with Crippen LogP contribution in [0.2, 0.25) is 0 Å². The molecule has 3 aliphatic rings. The molecule has 1 spiro atoms. The summed E-state index contributed by atoms with van der Waals surface area (Å²) in [6.45, 7) is 2.38. The average Bonchev–Trinajstić information content (AvgIpc) is 2.95. The number of barbiturate groups is 1. The summed E-state index contributed by atoms with van der Waals surface area (Å²) in [4.78, 5) is 63.4. The molecule has 2 aromatic heterocycles. The number of nitrogens with zero attached hydrogens (tertiary/aromatic N) is 4. The van der Waals surface area contributed by atoms with Gasteiger partial charge in [-0.1, -0.05) is 60.7 Å². The van der Waals surface area contributed by atoms with Gasteiger partial charge in [0.2, 0.25) is 11.8 Å². The second-order valence-electron chi connectivity index (χ2n) is 10.4. The number of carbonyl (C=O) groups excluding carboxylic acids is 3. The first-order valence-electron chi connectivity index (χ1n) is 13.0. The quantitative estimate of drug-likeness (QED) is 0.409. The summed E-state index contributed by atoms with van der Waals surface area (Å²) in [6, 6.07) is 19.1. The molecule has 7 rings (SSSR count). The number of amides is 4. The molecule has 4 amide bonds. The Kier molecular flexibility index (Phi) is 5.00. The summed E-state index contributed by atoms with van der Waals surface area (Å²) in [5.74, 6) is -0.800. The molecule has 0 radical (unpaired) electrons. The van der Waals surface area contributed by atoms with Gasteiger partial charge in [-0.3, -0.25) is 29.0 Å². The second kappa shape index (κ2) is 8.36. The molecule has 0 unspecified atom stereocenters. The van der Waals surface area contributed by atoms with Crippen LogP contribution in [-0.2, 0) is 29.0 Å². The fourth-order valence-corrected chi connectivity index (χ4v) is 6.43. The lowest BCUT2D eigenvalue weighted by atomic mass is 9.65. The smallest absolute Gasteiger partial charge is 0.331 e. The molecular weight excluding hydrogens is 494 g/mol. The minimum Gasteiger partial charge on any atom is -0.347 e. The molecule has 2 aromatic carbocycles. The Morgan fingerprint density at radius 3 is 2.56 bits per heavy atom. The van der Waals surface area contributed by atoms with Gasteiger partial charge in [0, 0.05) is 19.2 Å². The van der Waals surface area contributed by atoms with E-state index in [1.54, 1.807) is 12.3 Å². The zero-order valence-electron chi connectivity index (χ0n) is 21.3. The lowest BCUT2D eigenvalue weighted by Crippen LogP contribution is -2.70. The number of imide groups is 2. The third-order valence-corrected chi connectivity index (χ3v) is 8.28. The highest BCUT2D eigenvalue weighted by atomic mass is 16.2. The Bertz CT molecular complexity index is 1760. The van der Waals surface area contributed by atoms with Crippen LogP contribution in [-0.4, -0.2) is 38.7 Å². The first-order chi connectivity index (χ1) is 18.9. The van der Waals surface area contributed by atoms with Gasteiger partial charge in [0.1, 0.15) is 11.5 Å². The molecule has 0 bridgehead atoms. The Balaban J connectivity index is 1.48. The molecule has 3 aliphatic heterocycles. The van der Waals surface area contributed by atoms with E-state index in [4.69, 9.17) is 4.98 Å². The maximum Gasteiger partial charge on any atom is 0.331 e. The second-order valence-corrected chi connectivity index (χ2v) is 10.4. The van der Waals surface area contributed by atoms with Crippen LogP contribution in [0.25, 0.3) is 5.65 Å². The van der Waals surface area contributed by atoms with Crippen molar-refractivity contribution >= 4 is 29.3 Å². The third-order valence-electron chi connectivity index (χ3n) is 8.28. The van der Waals surface area contributed by atoms with Gasteiger partial charge in [0.25, 0.3) is 5.56 Å². The maximum absolute atomic E-state index is 14.5. The van der Waals surface area contributed by atoms with Crippen LogP contribution in [0, 0.1) is 12.3 Å². The van der Waals surface area contributed by atoms with Crippen LogP contribution >= 0.6 is 0 Å². The van der Waals surface area contributed by atoms with Crippen LogP contribution in [0.1, 0.15) is 33.9 Å². The standard InChI is InChI=1S/C30H25N5O4/c1-18-8-7-14-34-24(18)31-25-22(26(34)36)16-30(23-21-12-6-5-11-20(21)13-15-33(23)25)27(37)32-29(39)35(28(30)38)17-19-9-3-2-4-10-19/h2-12,14,23H,13,15-17H2,1H3,(H,32,37,39)/t23-,30+/m0/s1. The minimum atomic E-state index is -1.73. The van der Waals surface area contributed by atoms with Crippen molar-refractivity contribution in [3.8, 4) is 0 Å². The van der Waals surface area contributed by atoms with Crippen LogP contribution in [0.3, 0.4) is 0 Å². The molecule has 9 nitrogen and oxygen atoms in total. The number of anilines is 1. The van der Waals surface area contributed by atoms with E-state index in [1.807, 2.05) is 72.5 Å². The number of hydrogen-bond donors (Lipinski definition) is 1. The normalized spacial score (nSPS) is 22.0. The van der Waals surface area contributed by atoms with Gasteiger partial charge in [-0.2, -0.15) is 0 Å². The number of fused-ring (bicyclic) bond motifs is 7. The Morgan fingerprint density at radius 2 is 1.74 bits per heavy atom. The SMILES string of the molecule is Cc1cccn2c(=O)c3c(nc12)N1CCc2ccccc2[C@H]1[C@]1(C3)C(=O)NC(=O)N(Cc2ccccc2)C1=O. The van der Waals surface area contributed by atoms with Gasteiger partial charge in [-0.15, -0.1) is 0 Å². The minimum absolute atomic E-state index is 0.00983. The molecule has 2 atom stereocenters. The Hall–Kier alpha value is -4.79. The summed E-state index contributed by atoms with van der Waals surface area (Å²) in [5.41, 5.74) is 2.25. The number of aromatic nitrogens is 2. The maximum atomic E-state index is 14.5. The molecule has 1 N–H and O–H groups in total. The van der Waals surface area contributed by atoms with Crippen LogP contribution < -0.4 is 15.8 Å². The van der Waals surface area contributed by atoms with Crippen molar-refractivity contribution < 1.29 is 14.4 Å². The van der Waals surface area contributed by atoms with E-state index < -0.39 is 29.3 Å². The Labute approximate surface area is 223 Å². The van der Waals surface area contributed by atoms with Crippen molar-refractivity contribution in [3.63, 3.8) is 0 Å². The van der Waals surface area contributed by atoms with Gasteiger partial charge in [0.05, 0.1) is 18.2 Å². The van der Waals surface area contributed by atoms with E-state index in [2.05, 4.69) is 5.32 Å². The predicted molar refractivity (Wildman–Crippen MR) is 143 cm³/mol. The number of urea groups is 1. The van der Waals surface area contributed by atoms with Gasteiger partial charge >= 0.3 is 6.03 Å². The molecular formula is C30H25N5O4.